The quantitative estimate of drug-likeness (QED) is 0.770. The number of urea groups is 1. The van der Waals surface area contributed by atoms with E-state index in [4.69, 9.17) is 0 Å². The van der Waals surface area contributed by atoms with Crippen LogP contribution in [0.1, 0.15) is 32.6 Å². The Morgan fingerprint density at radius 1 is 1.35 bits per heavy atom. The Labute approximate surface area is 103 Å². The Kier molecular flexibility index (Phi) is 5.25. The molecule has 0 aromatic heterocycles. The van der Waals surface area contributed by atoms with Crippen molar-refractivity contribution in [3.8, 4) is 0 Å². The molecule has 5 heteroatoms. The number of amides is 3. The first-order chi connectivity index (χ1) is 8.04. The fourth-order valence-corrected chi connectivity index (χ4v) is 2.18. The van der Waals surface area contributed by atoms with Crippen LogP contribution >= 0.6 is 0 Å². The summed E-state index contributed by atoms with van der Waals surface area (Å²) < 4.78 is 0. The maximum absolute atomic E-state index is 11.8. The topological polar surface area (TPSA) is 61.4 Å². The zero-order valence-corrected chi connectivity index (χ0v) is 11.0. The van der Waals surface area contributed by atoms with Crippen LogP contribution in [0.5, 0.6) is 0 Å². The van der Waals surface area contributed by atoms with Gasteiger partial charge in [0.1, 0.15) is 0 Å². The molecular weight excluding hydrogens is 218 g/mol. The van der Waals surface area contributed by atoms with Crippen LogP contribution in [0, 0.1) is 5.92 Å². The minimum absolute atomic E-state index is 0.0366. The van der Waals surface area contributed by atoms with Gasteiger partial charge < -0.3 is 15.5 Å². The third-order valence-corrected chi connectivity index (χ3v) is 3.27. The zero-order valence-electron chi connectivity index (χ0n) is 11.0. The summed E-state index contributed by atoms with van der Waals surface area (Å²) in [6, 6.07) is 0.243. The highest BCUT2D eigenvalue weighted by atomic mass is 16.2. The maximum atomic E-state index is 11.8. The molecule has 0 aliphatic heterocycles. The molecule has 0 saturated heterocycles. The highest BCUT2D eigenvalue weighted by Gasteiger charge is 2.21. The standard InChI is InChI=1S/C12H23N3O2/c1-9(11(16)13-2)8-15(3)12(17)14-10-6-4-5-7-10/h9-10H,4-8H2,1-3H3,(H,13,16)(H,14,17). The monoisotopic (exact) mass is 241 g/mol. The second kappa shape index (κ2) is 6.47. The molecule has 3 amide bonds. The summed E-state index contributed by atoms with van der Waals surface area (Å²) in [5.41, 5.74) is 0. The molecule has 0 radical (unpaired) electrons. The molecule has 0 aromatic rings. The molecule has 2 N–H and O–H groups in total. The summed E-state index contributed by atoms with van der Waals surface area (Å²) in [5, 5.41) is 5.58. The first-order valence-corrected chi connectivity index (χ1v) is 6.27. The molecule has 1 aliphatic rings. The summed E-state index contributed by atoms with van der Waals surface area (Å²) in [6.07, 6.45) is 4.54. The lowest BCUT2D eigenvalue weighted by Gasteiger charge is -2.23. The van der Waals surface area contributed by atoms with Crippen LogP contribution in [0.4, 0.5) is 4.79 Å². The van der Waals surface area contributed by atoms with Gasteiger partial charge in [-0.3, -0.25) is 4.79 Å². The van der Waals surface area contributed by atoms with Gasteiger partial charge in [-0.25, -0.2) is 4.79 Å². The van der Waals surface area contributed by atoms with E-state index in [9.17, 15) is 9.59 Å². The maximum Gasteiger partial charge on any atom is 0.317 e. The van der Waals surface area contributed by atoms with E-state index in [0.717, 1.165) is 12.8 Å². The van der Waals surface area contributed by atoms with Gasteiger partial charge >= 0.3 is 6.03 Å². The van der Waals surface area contributed by atoms with Crippen molar-refractivity contribution in [2.75, 3.05) is 20.6 Å². The van der Waals surface area contributed by atoms with Crippen LogP contribution < -0.4 is 10.6 Å². The lowest BCUT2D eigenvalue weighted by atomic mass is 10.1. The molecule has 0 spiro atoms. The van der Waals surface area contributed by atoms with Crippen molar-refractivity contribution in [2.24, 2.45) is 5.92 Å². The lowest BCUT2D eigenvalue weighted by Crippen LogP contribution is -2.45. The molecule has 1 saturated carbocycles. The molecule has 0 bridgehead atoms. The van der Waals surface area contributed by atoms with Gasteiger partial charge in [-0.1, -0.05) is 19.8 Å². The van der Waals surface area contributed by atoms with Crippen molar-refractivity contribution in [3.63, 3.8) is 0 Å². The van der Waals surface area contributed by atoms with Gasteiger partial charge in [0.15, 0.2) is 0 Å². The van der Waals surface area contributed by atoms with Crippen molar-refractivity contribution in [3.05, 3.63) is 0 Å². The molecule has 17 heavy (non-hydrogen) atoms. The van der Waals surface area contributed by atoms with E-state index in [1.165, 1.54) is 12.8 Å². The Hall–Kier alpha value is -1.26. The number of carbonyl (C=O) groups is 2. The van der Waals surface area contributed by atoms with E-state index in [1.54, 1.807) is 19.0 Å². The van der Waals surface area contributed by atoms with Gasteiger partial charge in [0, 0.05) is 26.7 Å². The Morgan fingerprint density at radius 3 is 2.47 bits per heavy atom. The van der Waals surface area contributed by atoms with E-state index < -0.39 is 0 Å². The minimum Gasteiger partial charge on any atom is -0.359 e. The van der Waals surface area contributed by atoms with Crippen LogP contribution in [0.2, 0.25) is 0 Å². The molecule has 1 unspecified atom stereocenters. The summed E-state index contributed by atoms with van der Waals surface area (Å²) in [4.78, 5) is 24.8. The van der Waals surface area contributed by atoms with Crippen molar-refractivity contribution in [1.82, 2.24) is 15.5 Å². The van der Waals surface area contributed by atoms with Crippen LogP contribution in [-0.2, 0) is 4.79 Å². The molecule has 5 nitrogen and oxygen atoms in total. The fourth-order valence-electron chi connectivity index (χ4n) is 2.18. The first kappa shape index (κ1) is 13.8. The van der Waals surface area contributed by atoms with Crippen LogP contribution in [0.15, 0.2) is 0 Å². The number of nitrogens with one attached hydrogen (secondary N) is 2. The van der Waals surface area contributed by atoms with Crippen molar-refractivity contribution >= 4 is 11.9 Å². The molecular formula is C12H23N3O2. The predicted molar refractivity (Wildman–Crippen MR) is 66.6 cm³/mol. The number of nitrogens with zero attached hydrogens (tertiary/aromatic N) is 1. The van der Waals surface area contributed by atoms with E-state index in [0.29, 0.717) is 12.6 Å². The Morgan fingerprint density at radius 2 is 1.94 bits per heavy atom. The average molecular weight is 241 g/mol. The summed E-state index contributed by atoms with van der Waals surface area (Å²) in [6.45, 7) is 2.26. The summed E-state index contributed by atoms with van der Waals surface area (Å²) >= 11 is 0. The molecule has 98 valence electrons. The largest absolute Gasteiger partial charge is 0.359 e. The van der Waals surface area contributed by atoms with Gasteiger partial charge in [0.25, 0.3) is 0 Å². The molecule has 1 rings (SSSR count). The molecule has 1 aliphatic carbocycles. The first-order valence-electron chi connectivity index (χ1n) is 6.27. The third kappa shape index (κ3) is 4.24. The van der Waals surface area contributed by atoms with Crippen LogP contribution in [0.25, 0.3) is 0 Å². The van der Waals surface area contributed by atoms with Crippen LogP contribution in [-0.4, -0.2) is 43.5 Å². The number of carbonyl (C=O) groups excluding carboxylic acids is 2. The zero-order chi connectivity index (χ0) is 12.8. The second-order valence-corrected chi connectivity index (χ2v) is 4.83. The van der Waals surface area contributed by atoms with Crippen molar-refractivity contribution < 1.29 is 9.59 Å². The fraction of sp³-hybridized carbons (Fsp3) is 0.833. The molecule has 0 aromatic carbocycles. The van der Waals surface area contributed by atoms with Crippen LogP contribution in [0.3, 0.4) is 0 Å². The average Bonchev–Trinajstić information content (AvgIpc) is 2.80. The van der Waals surface area contributed by atoms with Gasteiger partial charge in [-0.05, 0) is 12.8 Å². The summed E-state index contributed by atoms with van der Waals surface area (Å²) in [7, 11) is 3.33. The third-order valence-electron chi connectivity index (χ3n) is 3.27. The lowest BCUT2D eigenvalue weighted by molar-refractivity contribution is -0.124. The van der Waals surface area contributed by atoms with E-state index in [-0.39, 0.29) is 17.9 Å². The Balaban J connectivity index is 2.32. The van der Waals surface area contributed by atoms with E-state index in [2.05, 4.69) is 10.6 Å². The normalized spacial score (nSPS) is 17.6. The highest BCUT2D eigenvalue weighted by Crippen LogP contribution is 2.17. The second-order valence-electron chi connectivity index (χ2n) is 4.83. The van der Waals surface area contributed by atoms with Gasteiger partial charge in [-0.15, -0.1) is 0 Å². The van der Waals surface area contributed by atoms with Crippen molar-refractivity contribution in [2.45, 2.75) is 38.6 Å². The predicted octanol–water partition coefficient (Wildman–Crippen LogP) is 0.952. The van der Waals surface area contributed by atoms with E-state index >= 15 is 0 Å². The van der Waals surface area contributed by atoms with Gasteiger partial charge in [-0.2, -0.15) is 0 Å². The number of rotatable bonds is 4. The van der Waals surface area contributed by atoms with Gasteiger partial charge in [0.2, 0.25) is 5.91 Å². The highest BCUT2D eigenvalue weighted by molar-refractivity contribution is 5.79. The van der Waals surface area contributed by atoms with Crippen molar-refractivity contribution in [1.29, 1.82) is 0 Å². The number of hydrogen-bond donors (Lipinski definition) is 2. The van der Waals surface area contributed by atoms with E-state index in [1.807, 2.05) is 6.92 Å². The smallest absolute Gasteiger partial charge is 0.317 e. The Bertz CT molecular complexity index is 275. The number of hydrogen-bond acceptors (Lipinski definition) is 2. The molecule has 0 heterocycles. The molecule has 1 fully saturated rings. The summed E-state index contributed by atoms with van der Waals surface area (Å²) in [5.74, 6) is -0.218. The minimum atomic E-state index is -0.181. The van der Waals surface area contributed by atoms with Gasteiger partial charge in [0.05, 0.1) is 5.92 Å². The molecule has 1 atom stereocenters. The SMILES string of the molecule is CNC(=O)C(C)CN(C)C(=O)NC1CCCC1.